The SMILES string of the molecule is N#Cc1cccnc1N1CCCC(C(=O)N2CCOCC2)C1. The summed E-state index contributed by atoms with van der Waals surface area (Å²) in [6.07, 6.45) is 3.55. The summed E-state index contributed by atoms with van der Waals surface area (Å²) in [7, 11) is 0. The first-order chi connectivity index (χ1) is 10.8. The van der Waals surface area contributed by atoms with Crippen molar-refractivity contribution in [3.8, 4) is 6.07 Å². The molecule has 2 fully saturated rings. The summed E-state index contributed by atoms with van der Waals surface area (Å²) in [5.41, 5.74) is 0.571. The number of anilines is 1. The van der Waals surface area contributed by atoms with E-state index in [4.69, 9.17) is 4.74 Å². The van der Waals surface area contributed by atoms with Gasteiger partial charge in [0.1, 0.15) is 11.9 Å². The van der Waals surface area contributed by atoms with E-state index in [1.54, 1.807) is 18.3 Å². The molecule has 1 aromatic rings. The highest BCUT2D eigenvalue weighted by molar-refractivity contribution is 5.80. The normalized spacial score (nSPS) is 22.2. The van der Waals surface area contributed by atoms with Gasteiger partial charge in [0.05, 0.1) is 24.7 Å². The van der Waals surface area contributed by atoms with Gasteiger partial charge in [-0.2, -0.15) is 5.26 Å². The minimum Gasteiger partial charge on any atom is -0.378 e. The van der Waals surface area contributed by atoms with Crippen LogP contribution in [0.15, 0.2) is 18.3 Å². The van der Waals surface area contributed by atoms with Crippen molar-refractivity contribution < 1.29 is 9.53 Å². The highest BCUT2D eigenvalue weighted by Gasteiger charge is 2.31. The smallest absolute Gasteiger partial charge is 0.227 e. The van der Waals surface area contributed by atoms with Gasteiger partial charge in [-0.25, -0.2) is 4.98 Å². The fourth-order valence-corrected chi connectivity index (χ4v) is 3.15. The molecule has 1 amide bonds. The number of hydrogen-bond acceptors (Lipinski definition) is 5. The van der Waals surface area contributed by atoms with E-state index >= 15 is 0 Å². The Morgan fingerprint density at radius 2 is 2.18 bits per heavy atom. The maximum Gasteiger partial charge on any atom is 0.227 e. The third-order valence-electron chi connectivity index (χ3n) is 4.30. The first kappa shape index (κ1) is 14.8. The number of ether oxygens (including phenoxy) is 1. The van der Waals surface area contributed by atoms with E-state index in [1.165, 1.54) is 0 Å². The molecule has 0 bridgehead atoms. The second-order valence-corrected chi connectivity index (χ2v) is 5.71. The summed E-state index contributed by atoms with van der Waals surface area (Å²) in [5.74, 6) is 0.896. The molecule has 0 aliphatic carbocycles. The molecule has 116 valence electrons. The highest BCUT2D eigenvalue weighted by atomic mass is 16.5. The topological polar surface area (TPSA) is 69.5 Å². The van der Waals surface area contributed by atoms with Crippen LogP contribution >= 0.6 is 0 Å². The summed E-state index contributed by atoms with van der Waals surface area (Å²) >= 11 is 0. The van der Waals surface area contributed by atoms with E-state index in [0.717, 1.165) is 19.4 Å². The van der Waals surface area contributed by atoms with Crippen LogP contribution in [0.2, 0.25) is 0 Å². The Balaban J connectivity index is 1.71. The maximum absolute atomic E-state index is 12.6. The van der Waals surface area contributed by atoms with E-state index in [9.17, 15) is 10.1 Å². The fourth-order valence-electron chi connectivity index (χ4n) is 3.15. The van der Waals surface area contributed by atoms with Crippen LogP contribution < -0.4 is 4.90 Å². The molecule has 0 aromatic carbocycles. The number of morpholine rings is 1. The first-order valence-corrected chi connectivity index (χ1v) is 7.76. The fraction of sp³-hybridized carbons (Fsp3) is 0.562. The van der Waals surface area contributed by atoms with Crippen molar-refractivity contribution in [2.24, 2.45) is 5.92 Å². The van der Waals surface area contributed by atoms with Crippen molar-refractivity contribution in [1.29, 1.82) is 5.26 Å². The number of aromatic nitrogens is 1. The number of pyridine rings is 1. The van der Waals surface area contributed by atoms with Crippen LogP contribution in [0.4, 0.5) is 5.82 Å². The lowest BCUT2D eigenvalue weighted by atomic mass is 9.96. The van der Waals surface area contributed by atoms with Crippen molar-refractivity contribution in [3.63, 3.8) is 0 Å². The van der Waals surface area contributed by atoms with Crippen molar-refractivity contribution in [2.45, 2.75) is 12.8 Å². The van der Waals surface area contributed by atoms with Gasteiger partial charge in [-0.15, -0.1) is 0 Å². The largest absolute Gasteiger partial charge is 0.378 e. The van der Waals surface area contributed by atoms with Crippen LogP contribution in [0.5, 0.6) is 0 Å². The number of carbonyl (C=O) groups excluding carboxylic acids is 1. The van der Waals surface area contributed by atoms with Crippen molar-refractivity contribution in [2.75, 3.05) is 44.3 Å². The Bertz CT molecular complexity index is 578. The molecule has 1 atom stereocenters. The van der Waals surface area contributed by atoms with Gasteiger partial charge in [-0.05, 0) is 25.0 Å². The number of carbonyl (C=O) groups is 1. The summed E-state index contributed by atoms with van der Waals surface area (Å²) in [6, 6.07) is 5.72. The molecule has 1 unspecified atom stereocenters. The summed E-state index contributed by atoms with van der Waals surface area (Å²) in [6.45, 7) is 4.10. The molecule has 1 aromatic heterocycles. The van der Waals surface area contributed by atoms with Crippen molar-refractivity contribution in [1.82, 2.24) is 9.88 Å². The molecule has 2 aliphatic rings. The Morgan fingerprint density at radius 1 is 1.36 bits per heavy atom. The Morgan fingerprint density at radius 3 is 2.95 bits per heavy atom. The van der Waals surface area contributed by atoms with Gasteiger partial charge in [-0.1, -0.05) is 0 Å². The van der Waals surface area contributed by atoms with Gasteiger partial charge in [0.25, 0.3) is 0 Å². The zero-order valence-electron chi connectivity index (χ0n) is 12.6. The Hall–Kier alpha value is -2.13. The number of piperidine rings is 1. The second kappa shape index (κ2) is 6.75. The minimum absolute atomic E-state index is 0.0135. The van der Waals surface area contributed by atoms with E-state index in [1.807, 2.05) is 4.90 Å². The monoisotopic (exact) mass is 300 g/mol. The van der Waals surface area contributed by atoms with E-state index < -0.39 is 0 Å². The average Bonchev–Trinajstić information content (AvgIpc) is 2.62. The zero-order chi connectivity index (χ0) is 15.4. The molecular weight excluding hydrogens is 280 g/mol. The third kappa shape index (κ3) is 3.04. The molecule has 0 spiro atoms. The van der Waals surface area contributed by atoms with Crippen LogP contribution in [-0.2, 0) is 9.53 Å². The lowest BCUT2D eigenvalue weighted by molar-refractivity contribution is -0.139. The third-order valence-corrected chi connectivity index (χ3v) is 4.30. The summed E-state index contributed by atoms with van der Waals surface area (Å²) in [5, 5.41) is 9.22. The predicted molar refractivity (Wildman–Crippen MR) is 81.3 cm³/mol. The molecule has 2 saturated heterocycles. The van der Waals surface area contributed by atoms with E-state index in [0.29, 0.717) is 44.2 Å². The maximum atomic E-state index is 12.6. The quantitative estimate of drug-likeness (QED) is 0.816. The van der Waals surface area contributed by atoms with Gasteiger partial charge >= 0.3 is 0 Å². The van der Waals surface area contributed by atoms with Gasteiger partial charge in [0.2, 0.25) is 5.91 Å². The van der Waals surface area contributed by atoms with Crippen LogP contribution in [0, 0.1) is 17.2 Å². The lowest BCUT2D eigenvalue weighted by Crippen LogP contribution is -2.48. The lowest BCUT2D eigenvalue weighted by Gasteiger charge is -2.36. The van der Waals surface area contributed by atoms with E-state index in [-0.39, 0.29) is 11.8 Å². The molecular formula is C16H20N4O2. The predicted octanol–water partition coefficient (Wildman–Crippen LogP) is 1.03. The average molecular weight is 300 g/mol. The van der Waals surface area contributed by atoms with Crippen LogP contribution in [0.3, 0.4) is 0 Å². The van der Waals surface area contributed by atoms with Gasteiger partial charge in [0, 0.05) is 32.4 Å². The molecule has 0 radical (unpaired) electrons. The molecule has 2 aliphatic heterocycles. The molecule has 3 heterocycles. The highest BCUT2D eigenvalue weighted by Crippen LogP contribution is 2.25. The standard InChI is InChI=1S/C16H20N4O2/c17-11-13-3-1-5-18-15(13)20-6-2-4-14(12-20)16(21)19-7-9-22-10-8-19/h1,3,5,14H,2,4,6-10,12H2. The van der Waals surface area contributed by atoms with Crippen molar-refractivity contribution in [3.05, 3.63) is 23.9 Å². The van der Waals surface area contributed by atoms with Crippen LogP contribution in [-0.4, -0.2) is 55.2 Å². The molecule has 22 heavy (non-hydrogen) atoms. The zero-order valence-corrected chi connectivity index (χ0v) is 12.6. The minimum atomic E-state index is -0.0135. The first-order valence-electron chi connectivity index (χ1n) is 7.76. The molecule has 6 nitrogen and oxygen atoms in total. The summed E-state index contributed by atoms with van der Waals surface area (Å²) in [4.78, 5) is 21.0. The van der Waals surface area contributed by atoms with Crippen molar-refractivity contribution >= 4 is 11.7 Å². The Labute approximate surface area is 130 Å². The van der Waals surface area contributed by atoms with Crippen LogP contribution in [0.25, 0.3) is 0 Å². The molecule has 0 N–H and O–H groups in total. The number of amides is 1. The number of rotatable bonds is 2. The van der Waals surface area contributed by atoms with Gasteiger partial charge in [0.15, 0.2) is 0 Å². The molecule has 0 saturated carbocycles. The van der Waals surface area contributed by atoms with Gasteiger partial charge < -0.3 is 14.5 Å². The number of nitriles is 1. The number of nitrogens with zero attached hydrogens (tertiary/aromatic N) is 4. The number of hydrogen-bond donors (Lipinski definition) is 0. The van der Waals surface area contributed by atoms with Crippen LogP contribution in [0.1, 0.15) is 18.4 Å². The van der Waals surface area contributed by atoms with Gasteiger partial charge in [-0.3, -0.25) is 4.79 Å². The van der Waals surface area contributed by atoms with E-state index in [2.05, 4.69) is 16.0 Å². The Kier molecular flexibility index (Phi) is 4.54. The molecule has 3 rings (SSSR count). The molecule has 6 heteroatoms. The summed E-state index contributed by atoms with van der Waals surface area (Å²) < 4.78 is 5.31. The second-order valence-electron chi connectivity index (χ2n) is 5.71.